The molecule has 0 bridgehead atoms. The van der Waals surface area contributed by atoms with Gasteiger partial charge in [0.1, 0.15) is 0 Å². The number of esters is 1. The van der Waals surface area contributed by atoms with Crippen molar-refractivity contribution in [2.45, 2.75) is 19.3 Å². The summed E-state index contributed by atoms with van der Waals surface area (Å²) in [5.41, 5.74) is 2.22. The van der Waals surface area contributed by atoms with Gasteiger partial charge in [-0.15, -0.1) is 6.58 Å². The maximum absolute atomic E-state index is 12.7. The smallest absolute Gasteiger partial charge is 0.396 e. The molecule has 1 aromatic carbocycles. The molecular formula is C20H22N4O4. The van der Waals surface area contributed by atoms with E-state index >= 15 is 0 Å². The number of rotatable bonds is 8. The molecule has 0 fully saturated rings. The van der Waals surface area contributed by atoms with Crippen molar-refractivity contribution in [3.05, 3.63) is 54.6 Å². The Balaban J connectivity index is 1.84. The number of ether oxygens (including phenoxy) is 1. The number of carbonyl (C=O) groups excluding carboxylic acids is 2. The summed E-state index contributed by atoms with van der Waals surface area (Å²) in [7, 11) is 3.21. The van der Waals surface area contributed by atoms with Crippen LogP contribution in [0.5, 0.6) is 0 Å². The molecule has 3 rings (SSSR count). The lowest BCUT2D eigenvalue weighted by atomic mass is 10.1. The van der Waals surface area contributed by atoms with Crippen molar-refractivity contribution in [3.8, 4) is 0 Å². The third kappa shape index (κ3) is 3.95. The molecule has 0 aliphatic heterocycles. The van der Waals surface area contributed by atoms with E-state index in [4.69, 9.17) is 4.42 Å². The first-order valence-electron chi connectivity index (χ1n) is 8.91. The number of hydrogen-bond acceptors (Lipinski definition) is 6. The number of nitrogens with zero attached hydrogens (tertiary/aromatic N) is 4. The van der Waals surface area contributed by atoms with E-state index in [1.54, 1.807) is 6.08 Å². The average Bonchev–Trinajstić information content (AvgIpc) is 3.32. The third-order valence-corrected chi connectivity index (χ3v) is 4.45. The summed E-state index contributed by atoms with van der Waals surface area (Å²) in [6, 6.07) is 8.06. The van der Waals surface area contributed by atoms with Crippen LogP contribution in [0.3, 0.4) is 0 Å². The lowest BCUT2D eigenvalue weighted by Crippen LogP contribution is -2.33. The topological polar surface area (TPSA) is 90.5 Å². The Morgan fingerprint density at radius 3 is 2.86 bits per heavy atom. The molecule has 0 saturated carbocycles. The minimum absolute atomic E-state index is 0.0188. The summed E-state index contributed by atoms with van der Waals surface area (Å²) in [6.45, 7) is 3.99. The molecule has 1 amide bonds. The maximum atomic E-state index is 12.7. The SMILES string of the molecule is C=CCCC(=O)N(CCc1cn(C)c2ccccc12)c1nnc(C(=O)OC)o1. The first kappa shape index (κ1) is 19.3. The van der Waals surface area contributed by atoms with Gasteiger partial charge in [-0.1, -0.05) is 34.5 Å². The lowest BCUT2D eigenvalue weighted by Gasteiger charge is -2.17. The fourth-order valence-electron chi connectivity index (χ4n) is 3.04. The number of amides is 1. The first-order valence-corrected chi connectivity index (χ1v) is 8.91. The summed E-state index contributed by atoms with van der Waals surface area (Å²) in [5.74, 6) is -1.21. The highest BCUT2D eigenvalue weighted by molar-refractivity contribution is 5.92. The summed E-state index contributed by atoms with van der Waals surface area (Å²) < 4.78 is 12.0. The molecule has 0 aliphatic carbocycles. The largest absolute Gasteiger partial charge is 0.462 e. The van der Waals surface area contributed by atoms with Crippen molar-refractivity contribution in [2.24, 2.45) is 7.05 Å². The number of aryl methyl sites for hydroxylation is 1. The van der Waals surface area contributed by atoms with Gasteiger partial charge in [-0.3, -0.25) is 9.69 Å². The molecule has 0 saturated heterocycles. The van der Waals surface area contributed by atoms with Crippen LogP contribution in [0.15, 0.2) is 47.5 Å². The van der Waals surface area contributed by atoms with Crippen molar-refractivity contribution in [2.75, 3.05) is 18.6 Å². The highest BCUT2D eigenvalue weighted by Crippen LogP contribution is 2.22. The number of carbonyl (C=O) groups is 2. The Kier molecular flexibility index (Phi) is 5.88. The molecule has 8 heteroatoms. The minimum atomic E-state index is -0.744. The second-order valence-corrected chi connectivity index (χ2v) is 6.29. The number of anilines is 1. The van der Waals surface area contributed by atoms with E-state index < -0.39 is 5.97 Å². The summed E-state index contributed by atoms with van der Waals surface area (Å²) in [4.78, 5) is 25.7. The van der Waals surface area contributed by atoms with Gasteiger partial charge in [-0.05, 0) is 24.5 Å². The van der Waals surface area contributed by atoms with Crippen molar-refractivity contribution >= 4 is 28.8 Å². The van der Waals surface area contributed by atoms with Gasteiger partial charge in [0.2, 0.25) is 5.91 Å². The lowest BCUT2D eigenvalue weighted by molar-refractivity contribution is -0.118. The zero-order valence-corrected chi connectivity index (χ0v) is 15.9. The van der Waals surface area contributed by atoms with Crippen LogP contribution in [0.1, 0.15) is 29.1 Å². The Morgan fingerprint density at radius 1 is 1.32 bits per heavy atom. The van der Waals surface area contributed by atoms with E-state index in [-0.39, 0.29) is 24.2 Å². The standard InChI is InChI=1S/C20H22N4O4/c1-4-5-10-17(25)24(20-22-21-18(28-20)19(26)27-3)12-11-14-13-23(2)16-9-7-6-8-15(14)16/h4,6-9,13H,1,5,10-12H2,2-3H3. The van der Waals surface area contributed by atoms with E-state index in [1.165, 1.54) is 12.0 Å². The van der Waals surface area contributed by atoms with Crippen LogP contribution in [0.4, 0.5) is 6.01 Å². The van der Waals surface area contributed by atoms with E-state index in [2.05, 4.69) is 32.1 Å². The van der Waals surface area contributed by atoms with Gasteiger partial charge >= 0.3 is 17.9 Å². The number of aromatic nitrogens is 3. The fraction of sp³-hybridized carbons (Fsp3) is 0.300. The molecular weight excluding hydrogens is 360 g/mol. The maximum Gasteiger partial charge on any atom is 0.396 e. The molecule has 3 aromatic rings. The quantitative estimate of drug-likeness (QED) is 0.439. The minimum Gasteiger partial charge on any atom is -0.462 e. The van der Waals surface area contributed by atoms with Crippen LogP contribution in [-0.4, -0.2) is 40.3 Å². The fourth-order valence-corrected chi connectivity index (χ4v) is 3.04. The molecule has 28 heavy (non-hydrogen) atoms. The van der Waals surface area contributed by atoms with Gasteiger partial charge in [0.15, 0.2) is 0 Å². The molecule has 0 atom stereocenters. The number of benzene rings is 1. The second-order valence-electron chi connectivity index (χ2n) is 6.29. The van der Waals surface area contributed by atoms with Gasteiger partial charge in [0.25, 0.3) is 0 Å². The average molecular weight is 382 g/mol. The Morgan fingerprint density at radius 2 is 2.11 bits per heavy atom. The van der Waals surface area contributed by atoms with E-state index in [9.17, 15) is 9.59 Å². The predicted molar refractivity (Wildman–Crippen MR) is 104 cm³/mol. The Labute approximate surface area is 162 Å². The van der Waals surface area contributed by atoms with Crippen molar-refractivity contribution in [1.82, 2.24) is 14.8 Å². The molecule has 0 N–H and O–H groups in total. The highest BCUT2D eigenvalue weighted by atomic mass is 16.5. The van der Waals surface area contributed by atoms with Crippen LogP contribution in [0.2, 0.25) is 0 Å². The number of methoxy groups -OCH3 is 1. The van der Waals surface area contributed by atoms with Crippen LogP contribution in [0.25, 0.3) is 10.9 Å². The Bertz CT molecular complexity index is 1000. The summed E-state index contributed by atoms with van der Waals surface area (Å²) >= 11 is 0. The van der Waals surface area contributed by atoms with Crippen molar-refractivity contribution in [3.63, 3.8) is 0 Å². The zero-order valence-electron chi connectivity index (χ0n) is 15.9. The molecule has 146 valence electrons. The van der Waals surface area contributed by atoms with Crippen LogP contribution < -0.4 is 4.90 Å². The van der Waals surface area contributed by atoms with Gasteiger partial charge in [-0.25, -0.2) is 4.79 Å². The summed E-state index contributed by atoms with van der Waals surface area (Å²) in [5, 5.41) is 8.65. The van der Waals surface area contributed by atoms with Crippen molar-refractivity contribution in [1.29, 1.82) is 0 Å². The number of allylic oxidation sites excluding steroid dienone is 1. The molecule has 0 radical (unpaired) electrons. The summed E-state index contributed by atoms with van der Waals surface area (Å²) in [6.07, 6.45) is 5.10. The van der Waals surface area contributed by atoms with Crippen molar-refractivity contribution < 1.29 is 18.7 Å². The van der Waals surface area contributed by atoms with Crippen LogP contribution >= 0.6 is 0 Å². The number of fused-ring (bicyclic) bond motifs is 1. The zero-order chi connectivity index (χ0) is 20.1. The molecule has 8 nitrogen and oxygen atoms in total. The van der Waals surface area contributed by atoms with Gasteiger partial charge in [0, 0.05) is 37.1 Å². The van der Waals surface area contributed by atoms with E-state index in [0.29, 0.717) is 19.4 Å². The molecule has 2 aromatic heterocycles. The molecule has 2 heterocycles. The number of para-hydroxylation sites is 1. The second kappa shape index (κ2) is 8.51. The molecule has 0 aliphatic rings. The normalized spacial score (nSPS) is 10.8. The monoisotopic (exact) mass is 382 g/mol. The van der Waals surface area contributed by atoms with Gasteiger partial charge in [-0.2, -0.15) is 0 Å². The molecule has 0 spiro atoms. The highest BCUT2D eigenvalue weighted by Gasteiger charge is 2.24. The molecule has 0 unspecified atom stereocenters. The number of hydrogen-bond donors (Lipinski definition) is 0. The van der Waals surface area contributed by atoms with Crippen LogP contribution in [0, 0.1) is 0 Å². The predicted octanol–water partition coefficient (Wildman–Crippen LogP) is 2.89. The van der Waals surface area contributed by atoms with Gasteiger partial charge < -0.3 is 13.7 Å². The third-order valence-electron chi connectivity index (χ3n) is 4.45. The van der Waals surface area contributed by atoms with E-state index in [0.717, 1.165) is 16.5 Å². The van der Waals surface area contributed by atoms with E-state index in [1.807, 2.05) is 31.4 Å². The van der Waals surface area contributed by atoms with Crippen LogP contribution in [-0.2, 0) is 23.0 Å². The Hall–Kier alpha value is -3.42. The van der Waals surface area contributed by atoms with Gasteiger partial charge in [0.05, 0.1) is 7.11 Å². The first-order chi connectivity index (χ1) is 13.5.